The van der Waals surface area contributed by atoms with Crippen LogP contribution < -0.4 is 5.32 Å². The number of carboxylic acid groups (broad SMARTS) is 1. The third kappa shape index (κ3) is 3.98. The van der Waals surface area contributed by atoms with Crippen molar-refractivity contribution in [2.45, 2.75) is 57.4 Å². The summed E-state index contributed by atoms with van der Waals surface area (Å²) in [5.74, 6) is 0.491. The van der Waals surface area contributed by atoms with Gasteiger partial charge < -0.3 is 5.11 Å². The molecule has 94 valence electrons. The zero-order valence-electron chi connectivity index (χ0n) is 10.6. The molecule has 0 aromatic heterocycles. The number of aliphatic carboxylic acids is 1. The number of rotatable bonds is 7. The van der Waals surface area contributed by atoms with Crippen LogP contribution >= 0.6 is 11.8 Å². The van der Waals surface area contributed by atoms with Crippen molar-refractivity contribution in [2.75, 3.05) is 5.75 Å². The quantitative estimate of drug-likeness (QED) is 0.723. The first-order valence-corrected chi connectivity index (χ1v) is 7.02. The predicted octanol–water partition coefficient (Wildman–Crippen LogP) is 2.36. The lowest BCUT2D eigenvalue weighted by Gasteiger charge is -2.28. The van der Waals surface area contributed by atoms with Crippen LogP contribution in [0, 0.1) is 5.92 Å². The van der Waals surface area contributed by atoms with Gasteiger partial charge in [0.2, 0.25) is 0 Å². The third-order valence-electron chi connectivity index (χ3n) is 3.15. The molecule has 3 nitrogen and oxygen atoms in total. The zero-order chi connectivity index (χ0) is 12.3. The van der Waals surface area contributed by atoms with Crippen LogP contribution in [0.2, 0.25) is 0 Å². The van der Waals surface area contributed by atoms with Crippen LogP contribution in [0.1, 0.15) is 40.5 Å². The van der Waals surface area contributed by atoms with Gasteiger partial charge in [0.25, 0.3) is 0 Å². The van der Waals surface area contributed by atoms with Crippen LogP contribution in [0.4, 0.5) is 0 Å². The first-order chi connectivity index (χ1) is 7.35. The maximum atomic E-state index is 11.3. The van der Waals surface area contributed by atoms with E-state index in [9.17, 15) is 9.90 Å². The average Bonchev–Trinajstić information content (AvgIpc) is 2.97. The van der Waals surface area contributed by atoms with Gasteiger partial charge in [-0.3, -0.25) is 10.1 Å². The van der Waals surface area contributed by atoms with Gasteiger partial charge in [-0.1, -0.05) is 20.8 Å². The van der Waals surface area contributed by atoms with Gasteiger partial charge in [-0.15, -0.1) is 0 Å². The highest BCUT2D eigenvalue weighted by atomic mass is 32.2. The van der Waals surface area contributed by atoms with Gasteiger partial charge >= 0.3 is 5.97 Å². The topological polar surface area (TPSA) is 49.3 Å². The van der Waals surface area contributed by atoms with Gasteiger partial charge in [0.15, 0.2) is 0 Å². The van der Waals surface area contributed by atoms with E-state index in [1.807, 2.05) is 0 Å². The monoisotopic (exact) mass is 245 g/mol. The Morgan fingerprint density at radius 3 is 2.44 bits per heavy atom. The first kappa shape index (κ1) is 13.8. The van der Waals surface area contributed by atoms with Gasteiger partial charge in [0, 0.05) is 17.0 Å². The molecule has 0 amide bonds. The van der Waals surface area contributed by atoms with Crippen molar-refractivity contribution in [1.29, 1.82) is 0 Å². The molecule has 0 heterocycles. The van der Waals surface area contributed by atoms with Crippen LogP contribution in [0.5, 0.6) is 0 Å². The lowest BCUT2D eigenvalue weighted by atomic mass is 10.1. The van der Waals surface area contributed by atoms with E-state index in [1.54, 1.807) is 18.7 Å². The van der Waals surface area contributed by atoms with Crippen molar-refractivity contribution in [1.82, 2.24) is 5.32 Å². The highest BCUT2D eigenvalue weighted by Crippen LogP contribution is 2.27. The van der Waals surface area contributed by atoms with E-state index >= 15 is 0 Å². The molecule has 1 fully saturated rings. The fourth-order valence-corrected chi connectivity index (χ4v) is 2.52. The Labute approximate surface area is 102 Å². The second-order valence-electron chi connectivity index (χ2n) is 5.32. The summed E-state index contributed by atoms with van der Waals surface area (Å²) in [6.45, 7) is 8.30. The van der Waals surface area contributed by atoms with Gasteiger partial charge in [-0.25, -0.2) is 0 Å². The van der Waals surface area contributed by atoms with Crippen molar-refractivity contribution in [2.24, 2.45) is 5.92 Å². The summed E-state index contributed by atoms with van der Waals surface area (Å²) in [7, 11) is 0. The number of hydrogen-bond donors (Lipinski definition) is 2. The van der Waals surface area contributed by atoms with E-state index < -0.39 is 11.5 Å². The molecule has 1 aliphatic rings. The molecule has 1 rings (SSSR count). The average molecular weight is 245 g/mol. The van der Waals surface area contributed by atoms with Gasteiger partial charge in [-0.2, -0.15) is 11.8 Å². The Balaban J connectivity index is 2.46. The molecule has 2 N–H and O–H groups in total. The number of hydrogen-bond acceptors (Lipinski definition) is 3. The van der Waals surface area contributed by atoms with Gasteiger partial charge in [0.1, 0.15) is 5.54 Å². The maximum absolute atomic E-state index is 11.3. The first-order valence-electron chi connectivity index (χ1n) is 5.98. The Morgan fingerprint density at radius 2 is 2.06 bits per heavy atom. The predicted molar refractivity (Wildman–Crippen MR) is 69.0 cm³/mol. The lowest BCUT2D eigenvalue weighted by molar-refractivity contribution is -0.143. The number of carboxylic acids is 1. The molecule has 1 saturated carbocycles. The summed E-state index contributed by atoms with van der Waals surface area (Å²) >= 11 is 1.75. The minimum atomic E-state index is -0.769. The SMILES string of the molecule is CC(C)C(C)SCC(C)(NC1CC1)C(=O)O. The van der Waals surface area contributed by atoms with Crippen LogP contribution in [0.15, 0.2) is 0 Å². The molecule has 2 unspecified atom stereocenters. The summed E-state index contributed by atoms with van der Waals surface area (Å²) in [6, 6.07) is 0.427. The van der Waals surface area contributed by atoms with Gasteiger partial charge in [-0.05, 0) is 25.7 Å². The van der Waals surface area contributed by atoms with Crippen LogP contribution in [0.25, 0.3) is 0 Å². The van der Waals surface area contributed by atoms with Crippen molar-refractivity contribution in [3.8, 4) is 0 Å². The standard InChI is InChI=1S/C12H23NO2S/c1-8(2)9(3)16-7-12(4,11(14)15)13-10-5-6-10/h8-10,13H,5-7H2,1-4H3,(H,14,15). The molecular weight excluding hydrogens is 222 g/mol. The Morgan fingerprint density at radius 1 is 1.50 bits per heavy atom. The molecule has 0 bridgehead atoms. The zero-order valence-corrected chi connectivity index (χ0v) is 11.4. The normalized spacial score (nSPS) is 21.8. The molecular formula is C12H23NO2S. The second-order valence-corrected chi connectivity index (χ2v) is 6.68. The van der Waals surface area contributed by atoms with Crippen molar-refractivity contribution < 1.29 is 9.90 Å². The highest BCUT2D eigenvalue weighted by Gasteiger charge is 2.38. The van der Waals surface area contributed by atoms with Crippen molar-refractivity contribution in [3.05, 3.63) is 0 Å². The van der Waals surface area contributed by atoms with Crippen molar-refractivity contribution in [3.63, 3.8) is 0 Å². The smallest absolute Gasteiger partial charge is 0.324 e. The maximum Gasteiger partial charge on any atom is 0.324 e. The summed E-state index contributed by atoms with van der Waals surface area (Å²) in [5.41, 5.74) is -0.769. The molecule has 0 spiro atoms. The minimum Gasteiger partial charge on any atom is -0.480 e. The summed E-state index contributed by atoms with van der Waals surface area (Å²) in [6.07, 6.45) is 2.24. The van der Waals surface area contributed by atoms with Crippen LogP contribution in [0.3, 0.4) is 0 Å². The number of thioether (sulfide) groups is 1. The molecule has 0 radical (unpaired) electrons. The Bertz CT molecular complexity index is 253. The summed E-state index contributed by atoms with van der Waals surface area (Å²) in [4.78, 5) is 11.3. The van der Waals surface area contributed by atoms with E-state index in [2.05, 4.69) is 26.1 Å². The number of carbonyl (C=O) groups is 1. The van der Waals surface area contributed by atoms with Gasteiger partial charge in [0.05, 0.1) is 0 Å². The summed E-state index contributed by atoms with van der Waals surface area (Å²) < 4.78 is 0. The minimum absolute atomic E-state index is 0.427. The number of nitrogens with one attached hydrogen (secondary N) is 1. The molecule has 0 aromatic carbocycles. The van der Waals surface area contributed by atoms with E-state index in [4.69, 9.17) is 0 Å². The summed E-state index contributed by atoms with van der Waals surface area (Å²) in [5, 5.41) is 13.0. The largest absolute Gasteiger partial charge is 0.480 e. The lowest BCUT2D eigenvalue weighted by Crippen LogP contribution is -2.53. The Hall–Kier alpha value is -0.220. The fraction of sp³-hybridized carbons (Fsp3) is 0.917. The van der Waals surface area contributed by atoms with E-state index in [0.717, 1.165) is 12.8 Å². The molecule has 0 saturated heterocycles. The molecule has 4 heteroatoms. The third-order valence-corrected chi connectivity index (χ3v) is 4.96. The molecule has 16 heavy (non-hydrogen) atoms. The second kappa shape index (κ2) is 5.41. The van der Waals surface area contributed by atoms with Crippen LogP contribution in [-0.2, 0) is 4.79 Å². The molecule has 1 aliphatic carbocycles. The van der Waals surface area contributed by atoms with Crippen molar-refractivity contribution >= 4 is 17.7 Å². The van der Waals surface area contributed by atoms with Crippen LogP contribution in [-0.4, -0.2) is 33.7 Å². The molecule has 0 aromatic rings. The molecule has 0 aliphatic heterocycles. The van der Waals surface area contributed by atoms with E-state index in [1.165, 1.54) is 0 Å². The van der Waals surface area contributed by atoms with E-state index in [0.29, 0.717) is 23.0 Å². The highest BCUT2D eigenvalue weighted by molar-refractivity contribution is 8.00. The molecule has 2 atom stereocenters. The Kier molecular flexibility index (Phi) is 4.68. The fourth-order valence-electron chi connectivity index (χ4n) is 1.33. The van der Waals surface area contributed by atoms with E-state index in [-0.39, 0.29) is 0 Å².